The molecule has 21 heavy (non-hydrogen) atoms. The molecule has 0 amide bonds. The zero-order chi connectivity index (χ0) is 14.6. The molecule has 0 radical (unpaired) electrons. The average molecular weight is 276 g/mol. The lowest BCUT2D eigenvalue weighted by molar-refractivity contribution is 0.0943. The lowest BCUT2D eigenvalue weighted by Crippen LogP contribution is -2.32. The van der Waals surface area contributed by atoms with Crippen molar-refractivity contribution in [2.24, 2.45) is 0 Å². The highest BCUT2D eigenvalue weighted by Gasteiger charge is 2.40. The van der Waals surface area contributed by atoms with Crippen LogP contribution in [0.2, 0.25) is 0 Å². The molecule has 0 bridgehead atoms. The minimum Gasteiger partial charge on any atom is -0.386 e. The van der Waals surface area contributed by atoms with Crippen molar-refractivity contribution in [3.8, 4) is 11.3 Å². The number of rotatable bonds is 0. The van der Waals surface area contributed by atoms with Gasteiger partial charge in [-0.05, 0) is 17.7 Å². The number of aliphatic hydroxyl groups is 1. The van der Waals surface area contributed by atoms with Gasteiger partial charge in [0.2, 0.25) is 0 Å². The Morgan fingerprint density at radius 2 is 1.52 bits per heavy atom. The largest absolute Gasteiger partial charge is 0.386 e. The average Bonchev–Trinajstić information content (AvgIpc) is 2.52. The van der Waals surface area contributed by atoms with Gasteiger partial charge in [-0.1, -0.05) is 50.2 Å². The number of para-hydroxylation sites is 2. The highest BCUT2D eigenvalue weighted by atomic mass is 16.3. The minimum absolute atomic E-state index is 0.374. The fourth-order valence-corrected chi connectivity index (χ4v) is 3.14. The predicted octanol–water partition coefficient (Wildman–Crippen LogP) is 3.62. The molecule has 0 saturated heterocycles. The van der Waals surface area contributed by atoms with E-state index in [0.717, 1.165) is 27.9 Å². The third-order valence-corrected chi connectivity index (χ3v) is 4.42. The van der Waals surface area contributed by atoms with Gasteiger partial charge in [-0.2, -0.15) is 0 Å². The van der Waals surface area contributed by atoms with Crippen molar-refractivity contribution < 1.29 is 5.11 Å². The SMILES string of the molecule is CC1(C)c2ccccc2-c2nc3ccccc3nc2C1O. The molecule has 1 atom stereocenters. The van der Waals surface area contributed by atoms with Crippen LogP contribution in [0.4, 0.5) is 0 Å². The molecule has 1 N–H and O–H groups in total. The van der Waals surface area contributed by atoms with Gasteiger partial charge >= 0.3 is 0 Å². The van der Waals surface area contributed by atoms with Crippen LogP contribution < -0.4 is 0 Å². The summed E-state index contributed by atoms with van der Waals surface area (Å²) in [5.74, 6) is 0. The first-order valence-corrected chi connectivity index (χ1v) is 7.13. The maximum atomic E-state index is 10.8. The van der Waals surface area contributed by atoms with Gasteiger partial charge < -0.3 is 5.11 Å². The van der Waals surface area contributed by atoms with Crippen LogP contribution in [0.3, 0.4) is 0 Å². The fourth-order valence-electron chi connectivity index (χ4n) is 3.14. The van der Waals surface area contributed by atoms with Gasteiger partial charge in [0.05, 0.1) is 22.4 Å². The van der Waals surface area contributed by atoms with Crippen molar-refractivity contribution in [2.75, 3.05) is 0 Å². The number of aliphatic hydroxyl groups excluding tert-OH is 1. The molecular formula is C18H16N2O. The van der Waals surface area contributed by atoms with E-state index in [1.807, 2.05) is 36.4 Å². The first kappa shape index (κ1) is 12.5. The van der Waals surface area contributed by atoms with Crippen molar-refractivity contribution in [2.45, 2.75) is 25.4 Å². The van der Waals surface area contributed by atoms with Gasteiger partial charge in [-0.3, -0.25) is 0 Å². The zero-order valence-corrected chi connectivity index (χ0v) is 12.0. The monoisotopic (exact) mass is 276 g/mol. The molecule has 2 aromatic carbocycles. The molecule has 0 saturated carbocycles. The Bertz CT molecular complexity index is 855. The lowest BCUT2D eigenvalue weighted by Gasteiger charge is -2.37. The van der Waals surface area contributed by atoms with Gasteiger partial charge in [0.15, 0.2) is 0 Å². The van der Waals surface area contributed by atoms with Crippen LogP contribution in [0.15, 0.2) is 48.5 Å². The first-order chi connectivity index (χ1) is 10.1. The Hall–Kier alpha value is -2.26. The second-order valence-corrected chi connectivity index (χ2v) is 6.12. The minimum atomic E-state index is -0.653. The smallest absolute Gasteiger partial charge is 0.107 e. The summed E-state index contributed by atoms with van der Waals surface area (Å²) < 4.78 is 0. The summed E-state index contributed by atoms with van der Waals surface area (Å²) in [4.78, 5) is 9.43. The topological polar surface area (TPSA) is 46.0 Å². The van der Waals surface area contributed by atoms with E-state index in [2.05, 4.69) is 31.0 Å². The van der Waals surface area contributed by atoms with Crippen LogP contribution in [-0.4, -0.2) is 15.1 Å². The molecule has 0 aliphatic heterocycles. The Morgan fingerprint density at radius 1 is 0.905 bits per heavy atom. The molecule has 0 fully saturated rings. The van der Waals surface area contributed by atoms with E-state index in [1.165, 1.54) is 0 Å². The maximum absolute atomic E-state index is 10.8. The van der Waals surface area contributed by atoms with Gasteiger partial charge in [0.25, 0.3) is 0 Å². The number of benzene rings is 2. The van der Waals surface area contributed by atoms with Crippen molar-refractivity contribution in [1.29, 1.82) is 0 Å². The van der Waals surface area contributed by atoms with Crippen molar-refractivity contribution in [1.82, 2.24) is 9.97 Å². The molecule has 1 aromatic heterocycles. The van der Waals surface area contributed by atoms with Crippen molar-refractivity contribution >= 4 is 11.0 Å². The summed E-state index contributed by atoms with van der Waals surface area (Å²) in [6.45, 7) is 4.10. The van der Waals surface area contributed by atoms with Crippen LogP contribution in [0.5, 0.6) is 0 Å². The predicted molar refractivity (Wildman–Crippen MR) is 83.0 cm³/mol. The molecule has 1 unspecified atom stereocenters. The molecule has 1 heterocycles. The zero-order valence-electron chi connectivity index (χ0n) is 12.0. The number of nitrogens with zero attached hydrogens (tertiary/aromatic N) is 2. The molecular weight excluding hydrogens is 260 g/mol. The van der Waals surface area contributed by atoms with Gasteiger partial charge in [-0.15, -0.1) is 0 Å². The number of hydrogen-bond acceptors (Lipinski definition) is 3. The maximum Gasteiger partial charge on any atom is 0.107 e. The van der Waals surface area contributed by atoms with Crippen LogP contribution in [-0.2, 0) is 5.41 Å². The van der Waals surface area contributed by atoms with E-state index in [9.17, 15) is 5.11 Å². The molecule has 104 valence electrons. The molecule has 3 aromatic rings. The number of hydrogen-bond donors (Lipinski definition) is 1. The summed E-state index contributed by atoms with van der Waals surface area (Å²) in [6, 6.07) is 15.9. The summed E-state index contributed by atoms with van der Waals surface area (Å²) in [7, 11) is 0. The van der Waals surface area contributed by atoms with Gasteiger partial charge in [0.1, 0.15) is 6.10 Å². The Kier molecular flexibility index (Phi) is 2.45. The van der Waals surface area contributed by atoms with Crippen LogP contribution in [0.1, 0.15) is 31.2 Å². The molecule has 0 spiro atoms. The van der Waals surface area contributed by atoms with E-state index >= 15 is 0 Å². The number of fused-ring (bicyclic) bond motifs is 4. The van der Waals surface area contributed by atoms with Crippen molar-refractivity contribution in [3.63, 3.8) is 0 Å². The molecule has 3 nitrogen and oxygen atoms in total. The van der Waals surface area contributed by atoms with E-state index in [0.29, 0.717) is 5.69 Å². The van der Waals surface area contributed by atoms with E-state index in [1.54, 1.807) is 0 Å². The second kappa shape index (κ2) is 4.12. The molecule has 3 heteroatoms. The van der Waals surface area contributed by atoms with Gasteiger partial charge in [0, 0.05) is 11.0 Å². The standard InChI is InChI=1S/C18H16N2O/c1-18(2)12-8-4-3-7-11(12)15-16(17(18)21)20-14-10-6-5-9-13(14)19-15/h3-10,17,21H,1-2H3. The summed E-state index contributed by atoms with van der Waals surface area (Å²) in [5.41, 5.74) is 4.98. The summed E-state index contributed by atoms with van der Waals surface area (Å²) in [6.07, 6.45) is -0.653. The normalized spacial score (nSPS) is 19.1. The van der Waals surface area contributed by atoms with Crippen LogP contribution in [0, 0.1) is 0 Å². The lowest BCUT2D eigenvalue weighted by atomic mass is 9.71. The Labute approximate surface area is 123 Å². The Morgan fingerprint density at radius 3 is 2.29 bits per heavy atom. The summed E-state index contributed by atoms with van der Waals surface area (Å²) >= 11 is 0. The van der Waals surface area contributed by atoms with Crippen molar-refractivity contribution in [3.05, 3.63) is 59.8 Å². The fraction of sp³-hybridized carbons (Fsp3) is 0.222. The number of aromatic nitrogens is 2. The van der Waals surface area contributed by atoms with E-state index in [4.69, 9.17) is 4.98 Å². The van der Waals surface area contributed by atoms with Crippen LogP contribution >= 0.6 is 0 Å². The quantitative estimate of drug-likeness (QED) is 0.682. The third kappa shape index (κ3) is 1.64. The summed E-state index contributed by atoms with van der Waals surface area (Å²) in [5, 5.41) is 10.8. The van der Waals surface area contributed by atoms with Gasteiger partial charge in [-0.25, -0.2) is 9.97 Å². The molecule has 1 aliphatic rings. The Balaban J connectivity index is 2.12. The highest BCUT2D eigenvalue weighted by Crippen LogP contribution is 2.47. The second-order valence-electron chi connectivity index (χ2n) is 6.12. The van der Waals surface area contributed by atoms with E-state index in [-0.39, 0.29) is 5.41 Å². The van der Waals surface area contributed by atoms with Crippen LogP contribution in [0.25, 0.3) is 22.3 Å². The first-order valence-electron chi connectivity index (χ1n) is 7.13. The third-order valence-electron chi connectivity index (χ3n) is 4.42. The molecule has 1 aliphatic carbocycles. The highest BCUT2D eigenvalue weighted by molar-refractivity contribution is 5.81. The molecule has 4 rings (SSSR count). The van der Waals surface area contributed by atoms with E-state index < -0.39 is 6.10 Å².